The molecule has 1 aromatic rings. The Morgan fingerprint density at radius 2 is 2.05 bits per heavy atom. The number of piperidine rings is 1. The molecule has 4 heteroatoms. The summed E-state index contributed by atoms with van der Waals surface area (Å²) in [6.45, 7) is 5.98. The van der Waals surface area contributed by atoms with Crippen molar-refractivity contribution in [1.29, 1.82) is 0 Å². The van der Waals surface area contributed by atoms with Gasteiger partial charge in [-0.1, -0.05) is 0 Å². The zero-order valence-corrected chi connectivity index (χ0v) is 11.7. The molecule has 0 spiro atoms. The molecule has 1 aromatic heterocycles. The highest BCUT2D eigenvalue weighted by molar-refractivity contribution is 5.45. The summed E-state index contributed by atoms with van der Waals surface area (Å²) in [6, 6.07) is 4.44. The van der Waals surface area contributed by atoms with Crippen LogP contribution in [0, 0.1) is 0 Å². The van der Waals surface area contributed by atoms with Gasteiger partial charge in [-0.05, 0) is 38.6 Å². The Kier molecular flexibility index (Phi) is 3.99. The predicted octanol–water partition coefficient (Wildman–Crippen LogP) is 1.73. The minimum Gasteiger partial charge on any atom is -0.378 e. The van der Waals surface area contributed by atoms with Crippen LogP contribution in [0.2, 0.25) is 0 Å². The van der Waals surface area contributed by atoms with E-state index in [-0.39, 0.29) is 0 Å². The van der Waals surface area contributed by atoms with E-state index in [4.69, 9.17) is 9.72 Å². The Hall–Kier alpha value is -1.13. The van der Waals surface area contributed by atoms with Gasteiger partial charge in [-0.2, -0.15) is 0 Å². The topological polar surface area (TPSA) is 28.6 Å². The molecule has 19 heavy (non-hydrogen) atoms. The zero-order chi connectivity index (χ0) is 13.1. The van der Waals surface area contributed by atoms with Gasteiger partial charge in [-0.3, -0.25) is 4.98 Å². The van der Waals surface area contributed by atoms with Crippen molar-refractivity contribution in [2.24, 2.45) is 0 Å². The lowest BCUT2D eigenvalue weighted by molar-refractivity contribution is 0.122. The SMILES string of the molecule is CN1CCCC(c2ccc(N3CCOCC3)cn2)C1. The van der Waals surface area contributed by atoms with Gasteiger partial charge >= 0.3 is 0 Å². The number of anilines is 1. The third kappa shape index (κ3) is 3.07. The smallest absolute Gasteiger partial charge is 0.0642 e. The van der Waals surface area contributed by atoms with Crippen LogP contribution in [0.5, 0.6) is 0 Å². The summed E-state index contributed by atoms with van der Waals surface area (Å²) in [4.78, 5) is 9.47. The monoisotopic (exact) mass is 261 g/mol. The van der Waals surface area contributed by atoms with Crippen LogP contribution < -0.4 is 4.90 Å². The number of ether oxygens (including phenoxy) is 1. The second-order valence-electron chi connectivity index (χ2n) is 5.64. The van der Waals surface area contributed by atoms with Crippen LogP contribution in [0.3, 0.4) is 0 Å². The van der Waals surface area contributed by atoms with Crippen molar-refractivity contribution in [3.05, 3.63) is 24.0 Å². The summed E-state index contributed by atoms with van der Waals surface area (Å²) < 4.78 is 5.38. The number of rotatable bonds is 2. The summed E-state index contributed by atoms with van der Waals surface area (Å²) >= 11 is 0. The number of morpholine rings is 1. The van der Waals surface area contributed by atoms with Gasteiger partial charge in [0.05, 0.1) is 25.1 Å². The quantitative estimate of drug-likeness (QED) is 0.810. The van der Waals surface area contributed by atoms with Crippen molar-refractivity contribution in [2.45, 2.75) is 18.8 Å². The number of likely N-dealkylation sites (tertiary alicyclic amines) is 1. The Balaban J connectivity index is 1.67. The van der Waals surface area contributed by atoms with Crippen molar-refractivity contribution in [3.63, 3.8) is 0 Å². The molecule has 4 nitrogen and oxygen atoms in total. The summed E-state index contributed by atoms with van der Waals surface area (Å²) in [7, 11) is 2.20. The molecule has 2 aliphatic rings. The summed E-state index contributed by atoms with van der Waals surface area (Å²) in [5.41, 5.74) is 2.49. The predicted molar refractivity (Wildman–Crippen MR) is 76.7 cm³/mol. The second kappa shape index (κ2) is 5.88. The molecule has 0 bridgehead atoms. The lowest BCUT2D eigenvalue weighted by Crippen LogP contribution is -2.36. The third-order valence-corrected chi connectivity index (χ3v) is 4.19. The molecule has 2 fully saturated rings. The number of nitrogens with zero attached hydrogens (tertiary/aromatic N) is 3. The van der Waals surface area contributed by atoms with Gasteiger partial charge in [0.15, 0.2) is 0 Å². The average Bonchev–Trinajstić information content (AvgIpc) is 2.48. The molecule has 0 aromatic carbocycles. The molecule has 0 radical (unpaired) electrons. The maximum atomic E-state index is 5.38. The molecule has 1 unspecified atom stereocenters. The minimum absolute atomic E-state index is 0.609. The Labute approximate surface area is 115 Å². The fraction of sp³-hybridized carbons (Fsp3) is 0.667. The van der Waals surface area contributed by atoms with E-state index in [0.29, 0.717) is 5.92 Å². The first-order valence-corrected chi connectivity index (χ1v) is 7.30. The van der Waals surface area contributed by atoms with E-state index < -0.39 is 0 Å². The van der Waals surface area contributed by atoms with Gasteiger partial charge in [0.2, 0.25) is 0 Å². The second-order valence-corrected chi connectivity index (χ2v) is 5.64. The first-order valence-electron chi connectivity index (χ1n) is 7.30. The highest BCUT2D eigenvalue weighted by atomic mass is 16.5. The van der Waals surface area contributed by atoms with Crippen LogP contribution in [0.15, 0.2) is 18.3 Å². The van der Waals surface area contributed by atoms with E-state index in [2.05, 4.69) is 29.0 Å². The van der Waals surface area contributed by atoms with Gasteiger partial charge in [0.1, 0.15) is 0 Å². The van der Waals surface area contributed by atoms with Crippen molar-refractivity contribution < 1.29 is 4.74 Å². The molecule has 3 rings (SSSR count). The lowest BCUT2D eigenvalue weighted by Gasteiger charge is -2.30. The van der Waals surface area contributed by atoms with E-state index in [1.54, 1.807) is 0 Å². The Bertz CT molecular complexity index is 400. The van der Waals surface area contributed by atoms with E-state index in [1.165, 1.54) is 30.8 Å². The zero-order valence-electron chi connectivity index (χ0n) is 11.7. The highest BCUT2D eigenvalue weighted by Crippen LogP contribution is 2.26. The molecule has 0 amide bonds. The van der Waals surface area contributed by atoms with Gasteiger partial charge in [-0.25, -0.2) is 0 Å². The largest absolute Gasteiger partial charge is 0.378 e. The number of aromatic nitrogens is 1. The van der Waals surface area contributed by atoms with Crippen molar-refractivity contribution in [3.8, 4) is 0 Å². The van der Waals surface area contributed by atoms with Gasteiger partial charge in [0, 0.05) is 31.2 Å². The van der Waals surface area contributed by atoms with Crippen LogP contribution >= 0.6 is 0 Å². The maximum Gasteiger partial charge on any atom is 0.0642 e. The van der Waals surface area contributed by atoms with Crippen molar-refractivity contribution in [1.82, 2.24) is 9.88 Å². The summed E-state index contributed by atoms with van der Waals surface area (Å²) in [5, 5.41) is 0. The molecule has 1 atom stereocenters. The molecular weight excluding hydrogens is 238 g/mol. The molecular formula is C15H23N3O. The van der Waals surface area contributed by atoms with Gasteiger partial charge in [0.25, 0.3) is 0 Å². The average molecular weight is 261 g/mol. The van der Waals surface area contributed by atoms with Crippen LogP contribution in [0.25, 0.3) is 0 Å². The van der Waals surface area contributed by atoms with Crippen molar-refractivity contribution in [2.75, 3.05) is 51.3 Å². The van der Waals surface area contributed by atoms with E-state index in [0.717, 1.165) is 32.8 Å². The minimum atomic E-state index is 0.609. The number of hydrogen-bond donors (Lipinski definition) is 0. The molecule has 3 heterocycles. The fourth-order valence-electron chi connectivity index (χ4n) is 3.06. The van der Waals surface area contributed by atoms with Crippen LogP contribution in [0.4, 0.5) is 5.69 Å². The maximum absolute atomic E-state index is 5.38. The number of pyridine rings is 1. The molecule has 0 saturated carbocycles. The van der Waals surface area contributed by atoms with E-state index in [1.807, 2.05) is 6.20 Å². The van der Waals surface area contributed by atoms with Crippen LogP contribution in [-0.4, -0.2) is 56.3 Å². The van der Waals surface area contributed by atoms with E-state index in [9.17, 15) is 0 Å². The lowest BCUT2D eigenvalue weighted by atomic mass is 9.94. The van der Waals surface area contributed by atoms with Gasteiger partial charge < -0.3 is 14.5 Å². The number of likely N-dealkylation sites (N-methyl/N-ethyl adjacent to an activating group) is 1. The fourth-order valence-corrected chi connectivity index (χ4v) is 3.06. The van der Waals surface area contributed by atoms with Crippen molar-refractivity contribution >= 4 is 5.69 Å². The highest BCUT2D eigenvalue weighted by Gasteiger charge is 2.20. The van der Waals surface area contributed by atoms with Gasteiger partial charge in [-0.15, -0.1) is 0 Å². The molecule has 2 aliphatic heterocycles. The van der Waals surface area contributed by atoms with Crippen LogP contribution in [0.1, 0.15) is 24.5 Å². The normalized spacial score (nSPS) is 25.5. The standard InChI is InChI=1S/C15H23N3O/c1-17-6-2-3-13(12-17)15-5-4-14(11-16-15)18-7-9-19-10-8-18/h4-5,11,13H,2-3,6-10,12H2,1H3. The molecule has 104 valence electrons. The first-order chi connectivity index (χ1) is 9.33. The summed E-state index contributed by atoms with van der Waals surface area (Å²) in [5.74, 6) is 0.609. The van der Waals surface area contributed by atoms with E-state index >= 15 is 0 Å². The molecule has 0 aliphatic carbocycles. The number of hydrogen-bond acceptors (Lipinski definition) is 4. The molecule has 2 saturated heterocycles. The Morgan fingerprint density at radius 3 is 2.74 bits per heavy atom. The molecule has 0 N–H and O–H groups in total. The Morgan fingerprint density at radius 1 is 1.21 bits per heavy atom. The summed E-state index contributed by atoms with van der Waals surface area (Å²) in [6.07, 6.45) is 4.59. The third-order valence-electron chi connectivity index (χ3n) is 4.19. The van der Waals surface area contributed by atoms with Crippen LogP contribution in [-0.2, 0) is 4.74 Å². The first kappa shape index (κ1) is 12.9.